The average molecular weight is 275 g/mol. The summed E-state index contributed by atoms with van der Waals surface area (Å²) in [5.41, 5.74) is 7.19. The zero-order valence-corrected chi connectivity index (χ0v) is 12.5. The van der Waals surface area contributed by atoms with Gasteiger partial charge in [0, 0.05) is 12.1 Å². The van der Waals surface area contributed by atoms with E-state index in [9.17, 15) is 0 Å². The van der Waals surface area contributed by atoms with Crippen LogP contribution in [0.5, 0.6) is 0 Å². The largest absolute Gasteiger partial charge is 0.307 e. The molecule has 0 aromatic heterocycles. The second-order valence-corrected chi connectivity index (χ2v) is 6.28. The van der Waals surface area contributed by atoms with E-state index in [1.54, 1.807) is 0 Å². The fourth-order valence-corrected chi connectivity index (χ4v) is 3.64. The number of fused-ring (bicyclic) bond motifs is 3. The van der Waals surface area contributed by atoms with Crippen LogP contribution in [0.15, 0.2) is 54.6 Å². The second kappa shape index (κ2) is 5.16. The molecule has 2 aliphatic carbocycles. The highest BCUT2D eigenvalue weighted by atomic mass is 14.9. The minimum atomic E-state index is 0.420. The fraction of sp³-hybridized carbons (Fsp3) is 0.300. The Kier molecular flexibility index (Phi) is 3.16. The Labute approximate surface area is 126 Å². The molecule has 0 spiro atoms. The molecule has 2 aliphatic rings. The minimum Gasteiger partial charge on any atom is -0.307 e. The normalized spacial score (nSPS) is 17.8. The Balaban J connectivity index is 1.58. The van der Waals surface area contributed by atoms with Gasteiger partial charge >= 0.3 is 0 Å². The van der Waals surface area contributed by atoms with Gasteiger partial charge in [0.05, 0.1) is 0 Å². The molecular weight excluding hydrogens is 254 g/mol. The highest BCUT2D eigenvalue weighted by Crippen LogP contribution is 2.37. The lowest BCUT2D eigenvalue weighted by molar-refractivity contribution is 0.471. The summed E-state index contributed by atoms with van der Waals surface area (Å²) in [4.78, 5) is 0. The van der Waals surface area contributed by atoms with Crippen molar-refractivity contribution in [2.45, 2.75) is 38.3 Å². The predicted octanol–water partition coefficient (Wildman–Crippen LogP) is 4.63. The van der Waals surface area contributed by atoms with Crippen LogP contribution >= 0.6 is 0 Å². The van der Waals surface area contributed by atoms with Crippen LogP contribution in [-0.2, 0) is 6.42 Å². The van der Waals surface area contributed by atoms with Crippen molar-refractivity contribution in [3.05, 3.63) is 71.3 Å². The Morgan fingerprint density at radius 2 is 1.71 bits per heavy atom. The molecule has 2 aromatic rings. The first-order chi connectivity index (χ1) is 10.3. The van der Waals surface area contributed by atoms with Crippen LogP contribution in [0.4, 0.5) is 0 Å². The number of hydrogen-bond donors (Lipinski definition) is 1. The van der Waals surface area contributed by atoms with E-state index < -0.39 is 0 Å². The minimum absolute atomic E-state index is 0.420. The van der Waals surface area contributed by atoms with E-state index in [0.29, 0.717) is 12.1 Å². The maximum absolute atomic E-state index is 3.74. The monoisotopic (exact) mass is 275 g/mol. The molecule has 0 aliphatic heterocycles. The third kappa shape index (κ3) is 2.32. The van der Waals surface area contributed by atoms with Crippen molar-refractivity contribution in [3.8, 4) is 11.1 Å². The molecule has 0 radical (unpaired) electrons. The smallest absolute Gasteiger partial charge is 0.0294 e. The first kappa shape index (κ1) is 12.8. The van der Waals surface area contributed by atoms with Crippen molar-refractivity contribution in [1.82, 2.24) is 5.32 Å². The molecule has 1 atom stereocenters. The van der Waals surface area contributed by atoms with Crippen LogP contribution in [-0.4, -0.2) is 6.04 Å². The van der Waals surface area contributed by atoms with Crippen molar-refractivity contribution in [2.24, 2.45) is 0 Å². The third-order valence-electron chi connectivity index (χ3n) is 4.81. The SMILES string of the molecule is CC(NC1CC=CC1)c1ccc2c(c1)Cc1ccccc1-2. The Morgan fingerprint density at radius 1 is 0.952 bits per heavy atom. The molecule has 0 bridgehead atoms. The van der Waals surface area contributed by atoms with Gasteiger partial charge in [0.15, 0.2) is 0 Å². The van der Waals surface area contributed by atoms with Gasteiger partial charge < -0.3 is 5.32 Å². The molecule has 0 heterocycles. The van der Waals surface area contributed by atoms with Crippen LogP contribution in [0, 0.1) is 0 Å². The molecular formula is C20H21N. The van der Waals surface area contributed by atoms with E-state index in [2.05, 4.69) is 66.9 Å². The highest BCUT2D eigenvalue weighted by Gasteiger charge is 2.20. The molecule has 2 aromatic carbocycles. The van der Waals surface area contributed by atoms with Gasteiger partial charge in [-0.3, -0.25) is 0 Å². The van der Waals surface area contributed by atoms with E-state index in [1.165, 1.54) is 40.7 Å². The van der Waals surface area contributed by atoms with Gasteiger partial charge in [0.25, 0.3) is 0 Å². The summed E-state index contributed by atoms with van der Waals surface area (Å²) >= 11 is 0. The van der Waals surface area contributed by atoms with Crippen LogP contribution in [0.3, 0.4) is 0 Å². The molecule has 0 amide bonds. The van der Waals surface area contributed by atoms with Crippen LogP contribution in [0.25, 0.3) is 11.1 Å². The van der Waals surface area contributed by atoms with Crippen molar-refractivity contribution >= 4 is 0 Å². The van der Waals surface area contributed by atoms with Gasteiger partial charge in [-0.25, -0.2) is 0 Å². The average Bonchev–Trinajstić information content (AvgIpc) is 3.13. The lowest BCUT2D eigenvalue weighted by Crippen LogP contribution is -2.29. The van der Waals surface area contributed by atoms with Gasteiger partial charge in [-0.05, 0) is 54.0 Å². The zero-order valence-electron chi connectivity index (χ0n) is 12.5. The molecule has 106 valence electrons. The van der Waals surface area contributed by atoms with Gasteiger partial charge in [0.2, 0.25) is 0 Å². The third-order valence-corrected chi connectivity index (χ3v) is 4.81. The standard InChI is InChI=1S/C20H21N/c1-14(21-18-7-3-4-8-18)15-10-11-20-17(12-15)13-16-6-2-5-9-19(16)20/h2-6,9-12,14,18,21H,7-8,13H2,1H3. The first-order valence-corrected chi connectivity index (χ1v) is 7.93. The van der Waals surface area contributed by atoms with Crippen molar-refractivity contribution < 1.29 is 0 Å². The number of benzene rings is 2. The highest BCUT2D eigenvalue weighted by molar-refractivity contribution is 5.76. The summed E-state index contributed by atoms with van der Waals surface area (Å²) < 4.78 is 0. The topological polar surface area (TPSA) is 12.0 Å². The van der Waals surface area contributed by atoms with E-state index in [4.69, 9.17) is 0 Å². The van der Waals surface area contributed by atoms with Crippen molar-refractivity contribution in [3.63, 3.8) is 0 Å². The van der Waals surface area contributed by atoms with E-state index in [1.807, 2.05) is 0 Å². The van der Waals surface area contributed by atoms with Crippen molar-refractivity contribution in [2.75, 3.05) is 0 Å². The van der Waals surface area contributed by atoms with Crippen LogP contribution < -0.4 is 5.32 Å². The summed E-state index contributed by atoms with van der Waals surface area (Å²) in [6, 6.07) is 16.8. The summed E-state index contributed by atoms with van der Waals surface area (Å²) in [7, 11) is 0. The van der Waals surface area contributed by atoms with Gasteiger partial charge in [-0.2, -0.15) is 0 Å². The molecule has 1 nitrogen and oxygen atoms in total. The van der Waals surface area contributed by atoms with Gasteiger partial charge in [-0.1, -0.05) is 54.6 Å². The molecule has 4 rings (SSSR count). The maximum atomic E-state index is 3.74. The second-order valence-electron chi connectivity index (χ2n) is 6.28. The molecule has 21 heavy (non-hydrogen) atoms. The summed E-state index contributed by atoms with van der Waals surface area (Å²) in [5.74, 6) is 0. The summed E-state index contributed by atoms with van der Waals surface area (Å²) in [6.45, 7) is 2.28. The molecule has 0 saturated heterocycles. The lowest BCUT2D eigenvalue weighted by Gasteiger charge is -2.20. The van der Waals surface area contributed by atoms with Crippen molar-refractivity contribution in [1.29, 1.82) is 0 Å². The quantitative estimate of drug-likeness (QED) is 0.687. The van der Waals surface area contributed by atoms with Crippen LogP contribution in [0.2, 0.25) is 0 Å². The van der Waals surface area contributed by atoms with Gasteiger partial charge in [0.1, 0.15) is 0 Å². The fourth-order valence-electron chi connectivity index (χ4n) is 3.64. The molecule has 1 unspecified atom stereocenters. The number of rotatable bonds is 3. The van der Waals surface area contributed by atoms with E-state index in [0.717, 1.165) is 6.42 Å². The Hall–Kier alpha value is -1.86. The van der Waals surface area contributed by atoms with Gasteiger partial charge in [-0.15, -0.1) is 0 Å². The van der Waals surface area contributed by atoms with E-state index in [-0.39, 0.29) is 0 Å². The summed E-state index contributed by atoms with van der Waals surface area (Å²) in [5, 5.41) is 3.74. The van der Waals surface area contributed by atoms with E-state index >= 15 is 0 Å². The molecule has 1 heteroatoms. The lowest BCUT2D eigenvalue weighted by atomic mass is 9.99. The predicted molar refractivity (Wildman–Crippen MR) is 88.4 cm³/mol. The Morgan fingerprint density at radius 3 is 2.57 bits per heavy atom. The zero-order chi connectivity index (χ0) is 14.2. The molecule has 0 fully saturated rings. The summed E-state index contributed by atoms with van der Waals surface area (Å²) in [6.07, 6.45) is 7.98. The maximum Gasteiger partial charge on any atom is 0.0294 e. The molecule has 0 saturated carbocycles. The Bertz CT molecular complexity index is 691. The van der Waals surface area contributed by atoms with Crippen LogP contribution in [0.1, 0.15) is 42.5 Å². The first-order valence-electron chi connectivity index (χ1n) is 7.93. The molecule has 1 N–H and O–H groups in total. The number of nitrogens with one attached hydrogen (secondary N) is 1. The number of hydrogen-bond acceptors (Lipinski definition) is 1.